The summed E-state index contributed by atoms with van der Waals surface area (Å²) in [6, 6.07) is 11.7. The van der Waals surface area contributed by atoms with Crippen LogP contribution in [0.25, 0.3) is 0 Å². The second-order valence-corrected chi connectivity index (χ2v) is 7.71. The van der Waals surface area contributed by atoms with Crippen LogP contribution >= 0.6 is 0 Å². The fraction of sp³-hybridized carbons (Fsp3) is 0.179. The Morgan fingerprint density at radius 1 is 0.447 bits per heavy atom. The molecule has 0 spiro atoms. The molecule has 0 bridgehead atoms. The highest BCUT2D eigenvalue weighted by Crippen LogP contribution is 2.33. The van der Waals surface area contributed by atoms with Crippen molar-refractivity contribution in [3.8, 4) is 23.0 Å². The Kier molecular flexibility index (Phi) is 8.59. The third-order valence-electron chi connectivity index (χ3n) is 5.64. The maximum atomic E-state index is 13.4. The molecule has 0 fully saturated rings. The van der Waals surface area contributed by atoms with Crippen LogP contribution in [-0.2, 0) is 4.74 Å². The molecule has 38 heavy (non-hydrogen) atoms. The first-order chi connectivity index (χ1) is 18.2. The number of carbonyl (C=O) groups excluding carboxylic acids is 5. The van der Waals surface area contributed by atoms with E-state index in [4.69, 9.17) is 18.9 Å². The molecule has 0 aromatic heterocycles. The molecule has 3 aromatic carbocycles. The van der Waals surface area contributed by atoms with Crippen molar-refractivity contribution < 1.29 is 47.7 Å². The Labute approximate surface area is 218 Å². The van der Waals surface area contributed by atoms with Crippen LogP contribution in [0.5, 0.6) is 23.0 Å². The Hall–Kier alpha value is -4.99. The molecule has 3 rings (SSSR count). The smallest absolute Gasteiger partial charge is 0.337 e. The van der Waals surface area contributed by atoms with Crippen LogP contribution in [0.1, 0.15) is 51.8 Å². The van der Waals surface area contributed by atoms with Crippen molar-refractivity contribution in [2.45, 2.75) is 0 Å². The van der Waals surface area contributed by atoms with E-state index < -0.39 is 29.1 Å². The van der Waals surface area contributed by atoms with Crippen molar-refractivity contribution >= 4 is 29.1 Å². The van der Waals surface area contributed by atoms with Crippen molar-refractivity contribution in [2.75, 3.05) is 35.5 Å². The van der Waals surface area contributed by atoms with Crippen LogP contribution in [0.2, 0.25) is 0 Å². The first kappa shape index (κ1) is 27.6. The number of ketones is 4. The van der Waals surface area contributed by atoms with Crippen molar-refractivity contribution in [2.24, 2.45) is 0 Å². The summed E-state index contributed by atoms with van der Waals surface area (Å²) in [6.45, 7) is 0. The number of Topliss-reactive ketones (excluding diaryl/α,β-unsaturated/α-hetero) is 4. The molecule has 0 unspecified atom stereocenters. The van der Waals surface area contributed by atoms with Crippen LogP contribution in [0.3, 0.4) is 0 Å². The second kappa shape index (κ2) is 11.8. The summed E-state index contributed by atoms with van der Waals surface area (Å²) in [7, 11) is 6.64. The van der Waals surface area contributed by atoms with Crippen LogP contribution in [0.4, 0.5) is 0 Å². The van der Waals surface area contributed by atoms with Gasteiger partial charge in [-0.3, -0.25) is 19.2 Å². The SMILES string of the molecule is COC(=O)c1ccc(C(=O)C(=O)c2cc(OC)c(OC)cc2C(=O)C(=O)c2ccc(OC)c(OC)c2)cc1. The molecule has 0 aliphatic carbocycles. The lowest BCUT2D eigenvalue weighted by molar-refractivity contribution is 0.0600. The largest absolute Gasteiger partial charge is 0.493 e. The number of benzene rings is 3. The molecule has 10 heteroatoms. The van der Waals surface area contributed by atoms with Crippen LogP contribution < -0.4 is 18.9 Å². The lowest BCUT2D eigenvalue weighted by Crippen LogP contribution is -2.22. The zero-order chi connectivity index (χ0) is 28.0. The Bertz CT molecular complexity index is 1420. The van der Waals surface area contributed by atoms with E-state index in [1.807, 2.05) is 0 Å². The molecular weight excluding hydrogens is 496 g/mol. The molecule has 0 N–H and O–H groups in total. The van der Waals surface area contributed by atoms with Gasteiger partial charge in [0.1, 0.15) is 0 Å². The van der Waals surface area contributed by atoms with Gasteiger partial charge < -0.3 is 23.7 Å². The number of rotatable bonds is 11. The molecule has 0 amide bonds. The molecule has 0 radical (unpaired) electrons. The Morgan fingerprint density at radius 2 is 0.842 bits per heavy atom. The summed E-state index contributed by atoms with van der Waals surface area (Å²) in [5.41, 5.74) is -0.595. The molecule has 0 atom stereocenters. The minimum atomic E-state index is -1.07. The topological polar surface area (TPSA) is 132 Å². The lowest BCUT2D eigenvalue weighted by Gasteiger charge is -2.14. The first-order valence-electron chi connectivity index (χ1n) is 11.0. The monoisotopic (exact) mass is 520 g/mol. The van der Waals surface area contributed by atoms with Gasteiger partial charge in [0.2, 0.25) is 23.1 Å². The normalized spacial score (nSPS) is 10.2. The molecule has 3 aromatic rings. The predicted molar refractivity (Wildman–Crippen MR) is 134 cm³/mol. The highest BCUT2D eigenvalue weighted by molar-refractivity contribution is 6.54. The van der Waals surface area contributed by atoms with Gasteiger partial charge in [-0.05, 0) is 42.5 Å². The summed E-state index contributed by atoms with van der Waals surface area (Å²) in [5.74, 6) is -3.96. The average molecular weight is 520 g/mol. The van der Waals surface area contributed by atoms with Crippen molar-refractivity contribution in [1.29, 1.82) is 0 Å². The van der Waals surface area contributed by atoms with E-state index >= 15 is 0 Å². The summed E-state index contributed by atoms with van der Waals surface area (Å²) in [5, 5.41) is 0. The van der Waals surface area contributed by atoms with Gasteiger partial charge in [-0.25, -0.2) is 4.79 Å². The van der Waals surface area contributed by atoms with E-state index in [1.54, 1.807) is 0 Å². The molecule has 0 aliphatic rings. The maximum Gasteiger partial charge on any atom is 0.337 e. The van der Waals surface area contributed by atoms with Crippen LogP contribution in [0.15, 0.2) is 54.6 Å². The molecule has 0 aliphatic heterocycles. The summed E-state index contributed by atoms with van der Waals surface area (Å²) in [4.78, 5) is 64.6. The van der Waals surface area contributed by atoms with E-state index in [0.29, 0.717) is 5.75 Å². The lowest BCUT2D eigenvalue weighted by atomic mass is 9.91. The van der Waals surface area contributed by atoms with Crippen molar-refractivity contribution in [3.05, 3.63) is 82.4 Å². The second-order valence-electron chi connectivity index (χ2n) is 7.71. The van der Waals surface area contributed by atoms with Gasteiger partial charge in [0.05, 0.1) is 41.1 Å². The van der Waals surface area contributed by atoms with Crippen LogP contribution in [-0.4, -0.2) is 64.7 Å². The zero-order valence-corrected chi connectivity index (χ0v) is 21.3. The summed E-state index contributed by atoms with van der Waals surface area (Å²) < 4.78 is 25.5. The number of methoxy groups -OCH3 is 5. The maximum absolute atomic E-state index is 13.4. The third kappa shape index (κ3) is 5.39. The number of esters is 1. The molecule has 0 saturated heterocycles. The van der Waals surface area contributed by atoms with E-state index in [1.165, 1.54) is 84.1 Å². The van der Waals surface area contributed by atoms with Gasteiger partial charge in [-0.2, -0.15) is 0 Å². The molecule has 0 saturated carbocycles. The molecular formula is C28H24O10. The van der Waals surface area contributed by atoms with E-state index in [-0.39, 0.29) is 45.1 Å². The standard InChI is InChI=1S/C28H24O10/c1-34-20-11-10-17(12-21(20)35-2)25(30)27(32)19-14-23(37-4)22(36-3)13-18(19)26(31)24(29)15-6-8-16(9-7-15)28(33)38-5/h6-14H,1-5H3. The van der Waals surface area contributed by atoms with E-state index in [9.17, 15) is 24.0 Å². The van der Waals surface area contributed by atoms with E-state index in [2.05, 4.69) is 4.74 Å². The third-order valence-corrected chi connectivity index (χ3v) is 5.64. The van der Waals surface area contributed by atoms with Crippen molar-refractivity contribution in [3.63, 3.8) is 0 Å². The zero-order valence-electron chi connectivity index (χ0n) is 21.3. The van der Waals surface area contributed by atoms with Gasteiger partial charge in [0, 0.05) is 22.3 Å². The highest BCUT2D eigenvalue weighted by atomic mass is 16.5. The van der Waals surface area contributed by atoms with Gasteiger partial charge >= 0.3 is 5.97 Å². The number of hydrogen-bond donors (Lipinski definition) is 0. The Morgan fingerprint density at radius 3 is 1.29 bits per heavy atom. The van der Waals surface area contributed by atoms with Gasteiger partial charge in [0.25, 0.3) is 0 Å². The number of hydrogen-bond acceptors (Lipinski definition) is 10. The summed E-state index contributed by atoms with van der Waals surface area (Å²) in [6.07, 6.45) is 0. The number of ether oxygens (including phenoxy) is 5. The highest BCUT2D eigenvalue weighted by Gasteiger charge is 2.30. The molecule has 196 valence electrons. The van der Waals surface area contributed by atoms with Gasteiger partial charge in [0.15, 0.2) is 23.0 Å². The fourth-order valence-electron chi connectivity index (χ4n) is 3.61. The quantitative estimate of drug-likeness (QED) is 0.210. The molecule has 10 nitrogen and oxygen atoms in total. The average Bonchev–Trinajstić information content (AvgIpc) is 2.97. The minimum absolute atomic E-state index is 0.0226. The van der Waals surface area contributed by atoms with Gasteiger partial charge in [-0.1, -0.05) is 12.1 Å². The summed E-state index contributed by atoms with van der Waals surface area (Å²) >= 11 is 0. The van der Waals surface area contributed by atoms with Crippen LogP contribution in [0, 0.1) is 0 Å². The predicted octanol–water partition coefficient (Wildman–Crippen LogP) is 3.64. The van der Waals surface area contributed by atoms with Crippen molar-refractivity contribution in [1.82, 2.24) is 0 Å². The van der Waals surface area contributed by atoms with Gasteiger partial charge in [-0.15, -0.1) is 0 Å². The molecule has 0 heterocycles. The fourth-order valence-corrected chi connectivity index (χ4v) is 3.61. The Balaban J connectivity index is 2.07. The number of carbonyl (C=O) groups is 5. The minimum Gasteiger partial charge on any atom is -0.493 e. The first-order valence-corrected chi connectivity index (χ1v) is 11.0. The van der Waals surface area contributed by atoms with E-state index in [0.717, 1.165) is 6.07 Å².